The third kappa shape index (κ3) is 6.34. The van der Waals surface area contributed by atoms with Gasteiger partial charge in [-0.1, -0.05) is 53.5 Å². The number of hydrogen-bond donors (Lipinski definition) is 2. The highest BCUT2D eigenvalue weighted by Gasteiger charge is 2.13. The number of benzene rings is 2. The first-order valence-corrected chi connectivity index (χ1v) is 10.5. The molecule has 8 heteroatoms. The van der Waals surface area contributed by atoms with E-state index in [1.165, 1.54) is 6.07 Å². The van der Waals surface area contributed by atoms with E-state index in [-0.39, 0.29) is 16.1 Å². The highest BCUT2D eigenvalue weighted by molar-refractivity contribution is 6.34. The molecule has 1 aromatic heterocycles. The molecule has 0 amide bonds. The number of nitrogens with one attached hydrogen (secondary N) is 1. The van der Waals surface area contributed by atoms with Gasteiger partial charge in [0, 0.05) is 19.6 Å². The predicted octanol–water partition coefficient (Wildman–Crippen LogP) is 4.26. The van der Waals surface area contributed by atoms with Crippen LogP contribution in [0.1, 0.15) is 21.6 Å². The Kier molecular flexibility index (Phi) is 8.12. The molecule has 0 atom stereocenters. The molecule has 31 heavy (non-hydrogen) atoms. The van der Waals surface area contributed by atoms with E-state index >= 15 is 0 Å². The van der Waals surface area contributed by atoms with E-state index in [0.717, 1.165) is 11.3 Å². The zero-order valence-corrected chi connectivity index (χ0v) is 18.2. The number of carbonyl (C=O) groups is 1. The zero-order chi connectivity index (χ0) is 22.2. The molecule has 2 N–H and O–H groups in total. The molecule has 0 aliphatic heterocycles. The molecule has 0 aliphatic rings. The van der Waals surface area contributed by atoms with E-state index in [1.807, 2.05) is 30.3 Å². The van der Waals surface area contributed by atoms with Crippen LogP contribution in [0.25, 0.3) is 0 Å². The summed E-state index contributed by atoms with van der Waals surface area (Å²) in [5.74, 6) is -0.186. The SMILES string of the molecule is O=C(O)c1ccc(CCn2c(CNCCOc3ccccc3)c(Cl)cc(Cl)c2=O)cc1. The summed E-state index contributed by atoms with van der Waals surface area (Å²) in [4.78, 5) is 23.6. The third-order valence-electron chi connectivity index (χ3n) is 4.71. The molecular weight excluding hydrogens is 439 g/mol. The van der Waals surface area contributed by atoms with Crippen molar-refractivity contribution >= 4 is 29.2 Å². The minimum absolute atomic E-state index is 0.0578. The number of halogens is 2. The van der Waals surface area contributed by atoms with Gasteiger partial charge >= 0.3 is 5.97 Å². The minimum atomic E-state index is -0.978. The van der Waals surface area contributed by atoms with Crippen LogP contribution in [0.15, 0.2) is 65.5 Å². The van der Waals surface area contributed by atoms with Crippen molar-refractivity contribution in [2.24, 2.45) is 0 Å². The molecular formula is C23H22Cl2N2O4. The van der Waals surface area contributed by atoms with Crippen molar-refractivity contribution in [1.82, 2.24) is 9.88 Å². The highest BCUT2D eigenvalue weighted by Crippen LogP contribution is 2.19. The van der Waals surface area contributed by atoms with Crippen LogP contribution in [0, 0.1) is 0 Å². The van der Waals surface area contributed by atoms with Crippen LogP contribution in [0.3, 0.4) is 0 Å². The second-order valence-corrected chi connectivity index (χ2v) is 7.65. The lowest BCUT2D eigenvalue weighted by molar-refractivity contribution is 0.0697. The molecule has 6 nitrogen and oxygen atoms in total. The normalized spacial score (nSPS) is 10.8. The van der Waals surface area contributed by atoms with Crippen LogP contribution in [-0.4, -0.2) is 28.8 Å². The minimum Gasteiger partial charge on any atom is -0.492 e. The van der Waals surface area contributed by atoms with Crippen LogP contribution in [0.2, 0.25) is 10.0 Å². The van der Waals surface area contributed by atoms with Crippen molar-refractivity contribution < 1.29 is 14.6 Å². The van der Waals surface area contributed by atoms with E-state index in [9.17, 15) is 9.59 Å². The van der Waals surface area contributed by atoms with Gasteiger partial charge in [0.05, 0.1) is 16.3 Å². The first-order valence-electron chi connectivity index (χ1n) is 9.74. The summed E-state index contributed by atoms with van der Waals surface area (Å²) in [7, 11) is 0. The number of pyridine rings is 1. The molecule has 1 heterocycles. The summed E-state index contributed by atoms with van der Waals surface area (Å²) in [6.07, 6.45) is 0.528. The number of carboxylic acids is 1. The third-order valence-corrected chi connectivity index (χ3v) is 5.31. The van der Waals surface area contributed by atoms with E-state index in [0.29, 0.717) is 43.4 Å². The number of aromatic nitrogens is 1. The number of hydrogen-bond acceptors (Lipinski definition) is 4. The lowest BCUT2D eigenvalue weighted by atomic mass is 10.1. The zero-order valence-electron chi connectivity index (χ0n) is 16.7. The second-order valence-electron chi connectivity index (χ2n) is 6.83. The highest BCUT2D eigenvalue weighted by atomic mass is 35.5. The number of rotatable bonds is 10. The van der Waals surface area contributed by atoms with E-state index in [1.54, 1.807) is 28.8 Å². The molecule has 162 valence electrons. The molecule has 0 bridgehead atoms. The first kappa shape index (κ1) is 22.9. The Labute approximate surface area is 190 Å². The summed E-state index contributed by atoms with van der Waals surface area (Å²) in [5, 5.41) is 12.7. The Morgan fingerprint density at radius 2 is 1.74 bits per heavy atom. The molecule has 2 aromatic carbocycles. The summed E-state index contributed by atoms with van der Waals surface area (Å²) in [6, 6.07) is 17.5. The standard InChI is InChI=1S/C23H22Cl2N2O4/c24-19-14-20(25)22(28)27(12-10-16-6-8-17(9-7-16)23(29)30)21(19)15-26-11-13-31-18-4-2-1-3-5-18/h1-9,14,26H,10-13,15H2,(H,29,30). The smallest absolute Gasteiger partial charge is 0.335 e. The van der Waals surface area contributed by atoms with E-state index < -0.39 is 5.97 Å². The fraction of sp³-hybridized carbons (Fsp3) is 0.217. The van der Waals surface area contributed by atoms with Crippen LogP contribution in [-0.2, 0) is 19.5 Å². The topological polar surface area (TPSA) is 80.6 Å². The number of para-hydroxylation sites is 1. The maximum Gasteiger partial charge on any atom is 0.335 e. The quantitative estimate of drug-likeness (QED) is 0.441. The van der Waals surface area contributed by atoms with Crippen LogP contribution >= 0.6 is 23.2 Å². The van der Waals surface area contributed by atoms with Crippen molar-refractivity contribution in [3.05, 3.63) is 97.9 Å². The summed E-state index contributed by atoms with van der Waals surface area (Å²) in [6.45, 7) is 1.78. The van der Waals surface area contributed by atoms with Gasteiger partial charge in [-0.15, -0.1) is 0 Å². The molecule has 3 aromatic rings. The molecule has 0 unspecified atom stereocenters. The van der Waals surface area contributed by atoms with Crippen molar-refractivity contribution in [3.8, 4) is 5.75 Å². The summed E-state index contributed by atoms with van der Waals surface area (Å²) in [5.41, 5.74) is 1.45. The van der Waals surface area contributed by atoms with E-state index in [2.05, 4.69) is 5.32 Å². The summed E-state index contributed by atoms with van der Waals surface area (Å²) >= 11 is 12.4. The molecule has 0 saturated heterocycles. The number of nitrogens with zero attached hydrogens (tertiary/aromatic N) is 1. The first-order chi connectivity index (χ1) is 15.0. The molecule has 0 saturated carbocycles. The Bertz CT molecular complexity index is 1080. The fourth-order valence-corrected chi connectivity index (χ4v) is 3.62. The monoisotopic (exact) mass is 460 g/mol. The number of ether oxygens (including phenoxy) is 1. The van der Waals surface area contributed by atoms with Crippen LogP contribution < -0.4 is 15.6 Å². The van der Waals surface area contributed by atoms with Gasteiger partial charge in [0.2, 0.25) is 0 Å². The summed E-state index contributed by atoms with van der Waals surface area (Å²) < 4.78 is 7.21. The van der Waals surface area contributed by atoms with Gasteiger partial charge in [0.15, 0.2) is 0 Å². The fourth-order valence-electron chi connectivity index (χ4n) is 3.07. The Balaban J connectivity index is 1.63. The van der Waals surface area contributed by atoms with Crippen molar-refractivity contribution in [2.45, 2.75) is 19.5 Å². The number of aromatic carboxylic acids is 1. The average Bonchev–Trinajstić information content (AvgIpc) is 2.77. The van der Waals surface area contributed by atoms with Gasteiger partial charge in [-0.3, -0.25) is 4.79 Å². The molecule has 3 rings (SSSR count). The predicted molar refractivity (Wildman–Crippen MR) is 121 cm³/mol. The number of aryl methyl sites for hydroxylation is 1. The Morgan fingerprint density at radius 1 is 1.03 bits per heavy atom. The Hall–Kier alpha value is -2.80. The van der Waals surface area contributed by atoms with Gasteiger partial charge in [0.1, 0.15) is 17.4 Å². The lowest BCUT2D eigenvalue weighted by Gasteiger charge is -2.16. The van der Waals surface area contributed by atoms with Crippen LogP contribution in [0.5, 0.6) is 5.75 Å². The van der Waals surface area contributed by atoms with E-state index in [4.69, 9.17) is 33.0 Å². The average molecular weight is 461 g/mol. The second kappa shape index (κ2) is 11.0. The molecule has 0 fully saturated rings. The van der Waals surface area contributed by atoms with Crippen molar-refractivity contribution in [2.75, 3.05) is 13.2 Å². The van der Waals surface area contributed by atoms with Gasteiger partial charge in [-0.2, -0.15) is 0 Å². The maximum atomic E-state index is 12.6. The lowest BCUT2D eigenvalue weighted by Crippen LogP contribution is -2.29. The largest absolute Gasteiger partial charge is 0.492 e. The maximum absolute atomic E-state index is 12.6. The van der Waals surface area contributed by atoms with Gasteiger partial charge < -0.3 is 19.7 Å². The molecule has 0 aliphatic carbocycles. The van der Waals surface area contributed by atoms with Crippen LogP contribution in [0.4, 0.5) is 0 Å². The van der Waals surface area contributed by atoms with Gasteiger partial charge in [0.25, 0.3) is 5.56 Å². The number of carboxylic acid groups (broad SMARTS) is 1. The molecule has 0 radical (unpaired) electrons. The van der Waals surface area contributed by atoms with Gasteiger partial charge in [-0.25, -0.2) is 4.79 Å². The Morgan fingerprint density at radius 3 is 2.42 bits per heavy atom. The van der Waals surface area contributed by atoms with Gasteiger partial charge in [-0.05, 0) is 42.3 Å². The van der Waals surface area contributed by atoms with Crippen molar-refractivity contribution in [1.29, 1.82) is 0 Å². The van der Waals surface area contributed by atoms with Crippen molar-refractivity contribution in [3.63, 3.8) is 0 Å². The molecule has 0 spiro atoms.